The van der Waals surface area contributed by atoms with Crippen LogP contribution in [0.1, 0.15) is 53.0 Å². The van der Waals surface area contributed by atoms with Gasteiger partial charge in [0.1, 0.15) is 11.0 Å². The van der Waals surface area contributed by atoms with Crippen LogP contribution < -0.4 is 15.6 Å². The number of pyridine rings is 1. The molecule has 210 valence electrons. The molecule has 0 saturated heterocycles. The number of nitrogens with one attached hydrogen (secondary N) is 2. The van der Waals surface area contributed by atoms with Gasteiger partial charge in [-0.2, -0.15) is 5.26 Å². The molecule has 10 nitrogen and oxygen atoms in total. The van der Waals surface area contributed by atoms with Gasteiger partial charge in [0, 0.05) is 18.2 Å². The van der Waals surface area contributed by atoms with Gasteiger partial charge in [-0.15, -0.1) is 0 Å². The molecule has 0 aliphatic heterocycles. The number of hydrogen-bond acceptors (Lipinski definition) is 8. The number of sulfonamides is 1. The minimum absolute atomic E-state index is 0.0195. The molecule has 1 aliphatic rings. The van der Waals surface area contributed by atoms with Crippen molar-refractivity contribution in [2.45, 2.75) is 38.1 Å². The van der Waals surface area contributed by atoms with Crippen molar-refractivity contribution in [1.82, 2.24) is 19.3 Å². The number of fused-ring (bicyclic) bond motifs is 1. The van der Waals surface area contributed by atoms with E-state index < -0.39 is 27.4 Å². The highest BCUT2D eigenvalue weighted by Gasteiger charge is 2.44. The van der Waals surface area contributed by atoms with E-state index in [-0.39, 0.29) is 22.1 Å². The Kier molecular flexibility index (Phi) is 7.09. The molecule has 1 saturated carbocycles. The van der Waals surface area contributed by atoms with Crippen LogP contribution >= 0.6 is 11.6 Å². The highest BCUT2D eigenvalue weighted by atomic mass is 35.5. The Morgan fingerprint density at radius 1 is 1.15 bits per heavy atom. The van der Waals surface area contributed by atoms with Crippen LogP contribution in [0.2, 0.25) is 5.15 Å². The number of aromatic nitrogens is 3. The van der Waals surface area contributed by atoms with E-state index in [9.17, 15) is 23.3 Å². The number of carbonyl (C=O) groups excluding carboxylic acids is 1. The third-order valence-corrected chi connectivity index (χ3v) is 7.97. The lowest BCUT2D eigenvalue weighted by molar-refractivity contribution is 0.0977. The first-order valence-corrected chi connectivity index (χ1v) is 15.1. The van der Waals surface area contributed by atoms with Gasteiger partial charge >= 0.3 is 0 Å². The fourth-order valence-electron chi connectivity index (χ4n) is 4.92. The van der Waals surface area contributed by atoms with E-state index in [1.807, 2.05) is 48.9 Å². The first kappa shape index (κ1) is 28.3. The van der Waals surface area contributed by atoms with Gasteiger partial charge in [-0.25, -0.2) is 23.1 Å². The lowest BCUT2D eigenvalue weighted by Gasteiger charge is -2.20. The Morgan fingerprint density at radius 3 is 2.44 bits per heavy atom. The predicted octanol–water partition coefficient (Wildman–Crippen LogP) is 4.38. The maximum Gasteiger partial charge on any atom is 0.285 e. The lowest BCUT2D eigenvalue weighted by atomic mass is 9.96. The maximum atomic E-state index is 13.5. The number of anilines is 1. The standard InChI is InChI=1S/C29H27ClN6O4S/c1-16-13-20(17(2)32-22-9-10-23(30)33-25(22)27(37)35-41(4,39)40)24-21(14-16)28(38)36(3)26(34-24)18-5-7-19(8-6-18)29(15-31)11-12-29/h5-10,13-14,17,32H,11-12H2,1-4H3,(H,35,37)/t17-/m1/s1. The summed E-state index contributed by atoms with van der Waals surface area (Å²) >= 11 is 6.01. The molecular formula is C29H27ClN6O4S. The molecule has 1 fully saturated rings. The zero-order chi connectivity index (χ0) is 29.7. The molecule has 0 unspecified atom stereocenters. The molecule has 0 radical (unpaired) electrons. The monoisotopic (exact) mass is 590 g/mol. The van der Waals surface area contributed by atoms with Crippen LogP contribution in [0.4, 0.5) is 5.69 Å². The fourth-order valence-corrected chi connectivity index (χ4v) is 5.50. The number of amides is 1. The largest absolute Gasteiger partial charge is 0.377 e. The summed E-state index contributed by atoms with van der Waals surface area (Å²) in [6.45, 7) is 3.71. The minimum Gasteiger partial charge on any atom is -0.377 e. The maximum absolute atomic E-state index is 13.5. The van der Waals surface area contributed by atoms with Crippen LogP contribution in [0.15, 0.2) is 53.3 Å². The zero-order valence-electron chi connectivity index (χ0n) is 22.8. The van der Waals surface area contributed by atoms with Crippen molar-refractivity contribution in [2.24, 2.45) is 7.05 Å². The molecule has 2 N–H and O–H groups in total. The molecule has 1 amide bonds. The molecule has 2 aromatic carbocycles. The lowest BCUT2D eigenvalue weighted by Crippen LogP contribution is -2.31. The first-order valence-electron chi connectivity index (χ1n) is 12.8. The Hall–Kier alpha value is -4.27. The van der Waals surface area contributed by atoms with Crippen LogP contribution in [-0.4, -0.2) is 35.1 Å². The normalized spacial score (nSPS) is 14.7. The highest BCUT2D eigenvalue weighted by Crippen LogP contribution is 2.47. The average molecular weight is 591 g/mol. The molecule has 5 rings (SSSR count). The van der Waals surface area contributed by atoms with E-state index in [2.05, 4.69) is 16.4 Å². The van der Waals surface area contributed by atoms with Gasteiger partial charge in [0.05, 0.1) is 40.4 Å². The van der Waals surface area contributed by atoms with Gasteiger partial charge in [0.25, 0.3) is 11.5 Å². The molecule has 1 aliphatic carbocycles. The molecule has 0 bridgehead atoms. The number of nitrogens with zero attached hydrogens (tertiary/aromatic N) is 4. The van der Waals surface area contributed by atoms with Gasteiger partial charge in [0.15, 0.2) is 5.69 Å². The number of carbonyl (C=O) groups is 1. The van der Waals surface area contributed by atoms with Gasteiger partial charge in [-0.1, -0.05) is 41.9 Å². The van der Waals surface area contributed by atoms with Crippen LogP contribution in [-0.2, 0) is 22.5 Å². The van der Waals surface area contributed by atoms with Gasteiger partial charge in [-0.3, -0.25) is 14.2 Å². The van der Waals surface area contributed by atoms with Crippen molar-refractivity contribution < 1.29 is 13.2 Å². The summed E-state index contributed by atoms with van der Waals surface area (Å²) in [4.78, 5) is 35.2. The molecular weight excluding hydrogens is 564 g/mol. The zero-order valence-corrected chi connectivity index (χ0v) is 24.4. The van der Waals surface area contributed by atoms with E-state index in [1.165, 1.54) is 16.7 Å². The molecule has 12 heteroatoms. The van der Waals surface area contributed by atoms with Crippen LogP contribution in [0, 0.1) is 18.3 Å². The second-order valence-corrected chi connectivity index (χ2v) is 12.6. The molecule has 0 spiro atoms. The summed E-state index contributed by atoms with van der Waals surface area (Å²) in [5.41, 5.74) is 3.13. The summed E-state index contributed by atoms with van der Waals surface area (Å²) in [5, 5.41) is 13.2. The fraction of sp³-hybridized carbons (Fsp3) is 0.276. The van der Waals surface area contributed by atoms with Gasteiger partial charge in [-0.05, 0) is 56.0 Å². The van der Waals surface area contributed by atoms with Gasteiger partial charge in [0.2, 0.25) is 10.0 Å². The van der Waals surface area contributed by atoms with Crippen LogP contribution in [0.5, 0.6) is 0 Å². The average Bonchev–Trinajstić information content (AvgIpc) is 3.72. The summed E-state index contributed by atoms with van der Waals surface area (Å²) < 4.78 is 26.8. The Balaban J connectivity index is 1.58. The molecule has 2 heterocycles. The molecule has 2 aromatic heterocycles. The quantitative estimate of drug-likeness (QED) is 0.302. The second kappa shape index (κ2) is 10.3. The SMILES string of the molecule is Cc1cc([C@@H](C)Nc2ccc(Cl)nc2C(=O)NS(C)(=O)=O)c2nc(-c3ccc(C4(C#N)CC4)cc3)n(C)c(=O)c2c1. The number of nitriles is 1. The van der Waals surface area contributed by atoms with E-state index in [0.717, 1.165) is 35.8 Å². The number of hydrogen-bond donors (Lipinski definition) is 2. The number of benzene rings is 2. The first-order chi connectivity index (χ1) is 19.3. The topological polar surface area (TPSA) is 147 Å². The van der Waals surface area contributed by atoms with Gasteiger partial charge < -0.3 is 5.32 Å². The van der Waals surface area contributed by atoms with Crippen molar-refractivity contribution >= 4 is 44.1 Å². The Bertz CT molecular complexity index is 1930. The summed E-state index contributed by atoms with van der Waals surface area (Å²) in [6.07, 6.45) is 2.54. The predicted molar refractivity (Wildman–Crippen MR) is 157 cm³/mol. The van der Waals surface area contributed by atoms with Crippen molar-refractivity contribution in [1.29, 1.82) is 5.26 Å². The third-order valence-electron chi connectivity index (χ3n) is 7.21. The Morgan fingerprint density at radius 2 is 1.83 bits per heavy atom. The number of halogens is 1. The van der Waals surface area contributed by atoms with E-state index in [4.69, 9.17) is 16.6 Å². The summed E-state index contributed by atoms with van der Waals surface area (Å²) in [6, 6.07) is 16.2. The molecule has 1 atom stereocenters. The second-order valence-electron chi connectivity index (χ2n) is 10.4. The van der Waals surface area contributed by atoms with Crippen LogP contribution in [0.25, 0.3) is 22.3 Å². The summed E-state index contributed by atoms with van der Waals surface area (Å²) in [7, 11) is -2.17. The smallest absolute Gasteiger partial charge is 0.285 e. The van der Waals surface area contributed by atoms with Crippen molar-refractivity contribution in [3.63, 3.8) is 0 Å². The van der Waals surface area contributed by atoms with E-state index >= 15 is 0 Å². The Labute approximate surface area is 242 Å². The van der Waals surface area contributed by atoms with Crippen molar-refractivity contribution in [2.75, 3.05) is 11.6 Å². The van der Waals surface area contributed by atoms with E-state index in [1.54, 1.807) is 13.1 Å². The van der Waals surface area contributed by atoms with Crippen molar-refractivity contribution in [3.8, 4) is 17.5 Å². The minimum atomic E-state index is -3.84. The van der Waals surface area contributed by atoms with E-state index in [0.29, 0.717) is 22.3 Å². The molecule has 4 aromatic rings. The highest BCUT2D eigenvalue weighted by molar-refractivity contribution is 7.89. The summed E-state index contributed by atoms with van der Waals surface area (Å²) in [5.74, 6) is -0.463. The molecule has 41 heavy (non-hydrogen) atoms. The number of aryl methyl sites for hydroxylation is 1. The number of rotatable bonds is 7. The third kappa shape index (κ3) is 5.53. The van der Waals surface area contributed by atoms with Crippen molar-refractivity contribution in [3.05, 3.63) is 86.4 Å². The van der Waals surface area contributed by atoms with Crippen LogP contribution in [0.3, 0.4) is 0 Å².